The molecule has 0 saturated carbocycles. The molecular formula is C21H29IOSi. The van der Waals surface area contributed by atoms with Crippen LogP contribution in [0.15, 0.2) is 60.7 Å². The van der Waals surface area contributed by atoms with Gasteiger partial charge in [0.15, 0.2) is 0 Å². The molecule has 0 fully saturated rings. The van der Waals surface area contributed by atoms with E-state index in [-0.39, 0.29) is 11.1 Å². The Balaban J connectivity index is 2.62. The Morgan fingerprint density at radius 1 is 0.875 bits per heavy atom. The molecule has 24 heavy (non-hydrogen) atoms. The maximum absolute atomic E-state index is 7.02. The van der Waals surface area contributed by atoms with E-state index in [9.17, 15) is 0 Å². The van der Waals surface area contributed by atoms with Gasteiger partial charge in [0.1, 0.15) is 0 Å². The van der Waals surface area contributed by atoms with Gasteiger partial charge in [-0.05, 0) is 28.8 Å². The van der Waals surface area contributed by atoms with E-state index < -0.39 is 8.32 Å². The number of alkyl halides is 1. The average molecular weight is 452 g/mol. The first-order chi connectivity index (χ1) is 11.3. The number of halogens is 1. The molecule has 2 aromatic rings. The van der Waals surface area contributed by atoms with Gasteiger partial charge in [0.25, 0.3) is 8.32 Å². The molecule has 0 spiro atoms. The highest BCUT2D eigenvalue weighted by molar-refractivity contribution is 14.1. The Labute approximate surface area is 162 Å². The molecule has 2 aromatic carbocycles. The summed E-state index contributed by atoms with van der Waals surface area (Å²) in [6.07, 6.45) is 1.31. The summed E-state index contributed by atoms with van der Waals surface area (Å²) in [5.41, 5.74) is 0. The van der Waals surface area contributed by atoms with Crippen LogP contribution in [0.3, 0.4) is 0 Å². The highest BCUT2D eigenvalue weighted by Crippen LogP contribution is 2.38. The maximum atomic E-state index is 7.02. The first-order valence-electron chi connectivity index (χ1n) is 8.70. The van der Waals surface area contributed by atoms with Crippen LogP contribution < -0.4 is 10.4 Å². The van der Waals surface area contributed by atoms with E-state index in [1.54, 1.807) is 0 Å². The van der Waals surface area contributed by atoms with Crippen LogP contribution in [0.2, 0.25) is 5.04 Å². The maximum Gasteiger partial charge on any atom is 0.261 e. The molecule has 130 valence electrons. The van der Waals surface area contributed by atoms with Crippen molar-refractivity contribution in [3.8, 4) is 0 Å². The molecule has 0 aliphatic heterocycles. The smallest absolute Gasteiger partial charge is 0.261 e. The Hall–Kier alpha value is -0.653. The quantitative estimate of drug-likeness (QED) is 0.334. The topological polar surface area (TPSA) is 9.23 Å². The minimum Gasteiger partial charge on any atom is -0.405 e. The zero-order chi connectivity index (χ0) is 17.8. The highest BCUT2D eigenvalue weighted by Gasteiger charge is 2.50. The van der Waals surface area contributed by atoms with Crippen molar-refractivity contribution in [2.45, 2.75) is 56.1 Å². The third-order valence-electron chi connectivity index (χ3n) is 4.45. The Morgan fingerprint density at radius 2 is 1.29 bits per heavy atom. The molecule has 0 aromatic heterocycles. The lowest BCUT2D eigenvalue weighted by molar-refractivity contribution is 0.198. The summed E-state index contributed by atoms with van der Waals surface area (Å²) < 4.78 is 7.63. The molecule has 0 bridgehead atoms. The van der Waals surface area contributed by atoms with Gasteiger partial charge in [-0.1, -0.05) is 111 Å². The van der Waals surface area contributed by atoms with Crippen LogP contribution in [-0.2, 0) is 4.43 Å². The van der Waals surface area contributed by atoms with Gasteiger partial charge in [-0.15, -0.1) is 0 Å². The number of rotatable bonds is 6. The first kappa shape index (κ1) is 19.7. The monoisotopic (exact) mass is 452 g/mol. The van der Waals surface area contributed by atoms with Gasteiger partial charge in [0.05, 0.1) is 0 Å². The molecular weight excluding hydrogens is 423 g/mol. The van der Waals surface area contributed by atoms with Crippen LogP contribution in [0.25, 0.3) is 0 Å². The Kier molecular flexibility index (Phi) is 6.68. The second-order valence-electron chi connectivity index (χ2n) is 7.61. The standard InChI is InChI=1S/C21H29IOSi/c1-17(22)16-18(2)23-24(21(3,4)5,19-12-8-6-9-13-19)20-14-10-7-11-15-20/h6-15,17-18H,16H2,1-5H3/t17?,18-/m1/s1. The highest BCUT2D eigenvalue weighted by atomic mass is 127. The van der Waals surface area contributed by atoms with Gasteiger partial charge in [-0.25, -0.2) is 0 Å². The molecule has 0 radical (unpaired) electrons. The zero-order valence-electron chi connectivity index (χ0n) is 15.4. The molecule has 1 nitrogen and oxygen atoms in total. The third kappa shape index (κ3) is 4.30. The van der Waals surface area contributed by atoms with Crippen LogP contribution >= 0.6 is 22.6 Å². The van der Waals surface area contributed by atoms with Gasteiger partial charge >= 0.3 is 0 Å². The summed E-state index contributed by atoms with van der Waals surface area (Å²) in [6.45, 7) is 11.5. The van der Waals surface area contributed by atoms with Crippen LogP contribution in [0.4, 0.5) is 0 Å². The van der Waals surface area contributed by atoms with E-state index in [0.29, 0.717) is 3.92 Å². The fourth-order valence-electron chi connectivity index (χ4n) is 3.50. The molecule has 0 saturated heterocycles. The van der Waals surface area contributed by atoms with Crippen molar-refractivity contribution in [2.24, 2.45) is 0 Å². The lowest BCUT2D eigenvalue weighted by atomic mass is 10.2. The van der Waals surface area contributed by atoms with Crippen molar-refractivity contribution >= 4 is 41.3 Å². The molecule has 0 N–H and O–H groups in total. The van der Waals surface area contributed by atoms with Crippen LogP contribution in [0.5, 0.6) is 0 Å². The van der Waals surface area contributed by atoms with Crippen LogP contribution in [-0.4, -0.2) is 18.3 Å². The molecule has 0 heterocycles. The van der Waals surface area contributed by atoms with E-state index in [1.807, 2.05) is 0 Å². The normalized spacial score (nSPS) is 15.1. The van der Waals surface area contributed by atoms with Crippen molar-refractivity contribution in [3.63, 3.8) is 0 Å². The largest absolute Gasteiger partial charge is 0.405 e. The average Bonchev–Trinajstić information content (AvgIpc) is 2.52. The minimum absolute atomic E-state index is 0.0540. The second-order valence-corrected chi connectivity index (χ2v) is 14.0. The van der Waals surface area contributed by atoms with Crippen LogP contribution in [0.1, 0.15) is 41.0 Å². The summed E-state index contributed by atoms with van der Waals surface area (Å²) in [5.74, 6) is 0. The lowest BCUT2D eigenvalue weighted by Gasteiger charge is -2.45. The number of hydrogen-bond acceptors (Lipinski definition) is 1. The van der Waals surface area contributed by atoms with E-state index >= 15 is 0 Å². The van der Waals surface area contributed by atoms with E-state index in [2.05, 4.69) is 118 Å². The van der Waals surface area contributed by atoms with Gasteiger partial charge in [0.2, 0.25) is 0 Å². The van der Waals surface area contributed by atoms with Crippen molar-refractivity contribution in [3.05, 3.63) is 60.7 Å². The van der Waals surface area contributed by atoms with Crippen molar-refractivity contribution in [2.75, 3.05) is 0 Å². The van der Waals surface area contributed by atoms with Crippen molar-refractivity contribution in [1.29, 1.82) is 0 Å². The van der Waals surface area contributed by atoms with E-state index in [1.165, 1.54) is 10.4 Å². The fourth-order valence-corrected chi connectivity index (χ4v) is 8.93. The van der Waals surface area contributed by atoms with E-state index in [0.717, 1.165) is 6.42 Å². The molecule has 0 aliphatic carbocycles. The predicted molar refractivity (Wildman–Crippen MR) is 116 cm³/mol. The molecule has 0 amide bonds. The SMILES string of the molecule is CC(I)C[C@@H](C)O[Si](c1ccccc1)(c1ccccc1)C(C)(C)C. The van der Waals surface area contributed by atoms with E-state index in [4.69, 9.17) is 4.43 Å². The summed E-state index contributed by atoms with van der Waals surface area (Å²) in [7, 11) is -2.38. The molecule has 1 unspecified atom stereocenters. The first-order valence-corrected chi connectivity index (χ1v) is 11.9. The summed E-state index contributed by atoms with van der Waals surface area (Å²) in [6, 6.07) is 21.8. The Morgan fingerprint density at radius 3 is 1.62 bits per heavy atom. The van der Waals surface area contributed by atoms with Gasteiger partial charge in [0, 0.05) is 10.0 Å². The van der Waals surface area contributed by atoms with Crippen molar-refractivity contribution < 1.29 is 4.43 Å². The van der Waals surface area contributed by atoms with Crippen molar-refractivity contribution in [1.82, 2.24) is 0 Å². The third-order valence-corrected chi connectivity index (χ3v) is 10.1. The minimum atomic E-state index is -2.38. The molecule has 2 rings (SSSR count). The lowest BCUT2D eigenvalue weighted by Crippen LogP contribution is -2.67. The van der Waals surface area contributed by atoms with Gasteiger partial charge < -0.3 is 4.43 Å². The van der Waals surface area contributed by atoms with Gasteiger partial charge in [-0.3, -0.25) is 0 Å². The zero-order valence-corrected chi connectivity index (χ0v) is 18.6. The Bertz CT molecular complexity index is 580. The predicted octanol–water partition coefficient (Wildman–Crippen LogP) is 5.17. The summed E-state index contributed by atoms with van der Waals surface area (Å²) in [4.78, 5) is 0. The molecule has 0 aliphatic rings. The summed E-state index contributed by atoms with van der Waals surface area (Å²) in [5, 5.41) is 2.77. The molecule has 2 atom stereocenters. The second kappa shape index (κ2) is 8.15. The number of hydrogen-bond donors (Lipinski definition) is 0. The fraction of sp³-hybridized carbons (Fsp3) is 0.429. The molecule has 3 heteroatoms. The number of benzene rings is 2. The van der Waals surface area contributed by atoms with Crippen LogP contribution in [0, 0.1) is 0 Å². The summed E-state index contributed by atoms with van der Waals surface area (Å²) >= 11 is 2.49. The van der Waals surface area contributed by atoms with Gasteiger partial charge in [-0.2, -0.15) is 0 Å².